The van der Waals surface area contributed by atoms with Crippen LogP contribution in [0, 0.1) is 0 Å². The van der Waals surface area contributed by atoms with Crippen LogP contribution in [0.1, 0.15) is 42.0 Å². The molecule has 0 saturated carbocycles. The summed E-state index contributed by atoms with van der Waals surface area (Å²) in [7, 11) is 0. The topological polar surface area (TPSA) is 116 Å². The van der Waals surface area contributed by atoms with Crippen molar-refractivity contribution in [3.05, 3.63) is 71.3 Å². The third-order valence-corrected chi connectivity index (χ3v) is 8.96. The van der Waals surface area contributed by atoms with E-state index in [4.69, 9.17) is 4.74 Å². The van der Waals surface area contributed by atoms with Gasteiger partial charge in [-0.15, -0.1) is 0 Å². The Kier molecular flexibility index (Phi) is 9.18. The Morgan fingerprint density at radius 3 is 2.50 bits per heavy atom. The van der Waals surface area contributed by atoms with E-state index >= 15 is 0 Å². The van der Waals surface area contributed by atoms with Gasteiger partial charge in [0.25, 0.3) is 0 Å². The molecule has 3 heterocycles. The second-order valence-electron chi connectivity index (χ2n) is 10.6. The van der Waals surface area contributed by atoms with Crippen LogP contribution in [0.15, 0.2) is 54.6 Å². The molecule has 2 N–H and O–H groups in total. The average molecular weight is 566 g/mol. The van der Waals surface area contributed by atoms with E-state index in [0.29, 0.717) is 52.0 Å². The average Bonchev–Trinajstić information content (AvgIpc) is 3.08. The van der Waals surface area contributed by atoms with Crippen molar-refractivity contribution in [3.63, 3.8) is 0 Å². The molecule has 0 aliphatic carbocycles. The molecule has 0 aromatic heterocycles. The number of ether oxygens (including phenoxy) is 1. The molecule has 3 aliphatic heterocycles. The number of thioether (sulfide) groups is 1. The first-order chi connectivity index (χ1) is 19.4. The maximum atomic E-state index is 13.9. The van der Waals surface area contributed by atoms with Crippen LogP contribution in [0.4, 0.5) is 0 Å². The molecule has 2 aromatic carbocycles. The van der Waals surface area contributed by atoms with Gasteiger partial charge in [-0.2, -0.15) is 0 Å². The summed E-state index contributed by atoms with van der Waals surface area (Å²) in [6.45, 7) is 2.70. The van der Waals surface area contributed by atoms with Crippen molar-refractivity contribution in [1.29, 1.82) is 0 Å². The molecule has 10 heteroatoms. The minimum atomic E-state index is -1.03. The summed E-state index contributed by atoms with van der Waals surface area (Å²) in [5.41, 5.74) is 2.78. The molecule has 0 bridgehead atoms. The van der Waals surface area contributed by atoms with Crippen LogP contribution >= 0.6 is 11.8 Å². The van der Waals surface area contributed by atoms with Crippen molar-refractivity contribution < 1.29 is 29.0 Å². The molecule has 212 valence electrons. The summed E-state index contributed by atoms with van der Waals surface area (Å²) >= 11 is 0.998. The van der Waals surface area contributed by atoms with Crippen LogP contribution < -0.4 is 5.32 Å². The Hall–Kier alpha value is -3.21. The summed E-state index contributed by atoms with van der Waals surface area (Å²) in [5, 5.41) is 12.0. The number of carbonyl (C=O) groups is 4. The highest BCUT2D eigenvalue weighted by atomic mass is 32.2. The van der Waals surface area contributed by atoms with Gasteiger partial charge in [0.05, 0.1) is 31.1 Å². The minimum Gasteiger partial charge on any atom is -0.480 e. The number of rotatable bonds is 8. The number of hydrogen-bond donors (Lipinski definition) is 2. The van der Waals surface area contributed by atoms with Crippen LogP contribution in [0.5, 0.6) is 0 Å². The first-order valence-corrected chi connectivity index (χ1v) is 14.8. The van der Waals surface area contributed by atoms with Crippen molar-refractivity contribution in [2.45, 2.75) is 55.5 Å². The number of carbonyl (C=O) groups excluding carboxylic acids is 3. The molecular formula is C30H35N3O6S. The number of morpholine rings is 1. The zero-order chi connectivity index (χ0) is 28.1. The van der Waals surface area contributed by atoms with E-state index in [9.17, 15) is 24.3 Å². The van der Waals surface area contributed by atoms with Gasteiger partial charge in [-0.25, -0.2) is 4.79 Å². The highest BCUT2D eigenvalue weighted by Gasteiger charge is 2.45. The minimum absolute atomic E-state index is 0.113. The molecule has 9 nitrogen and oxygen atoms in total. The largest absolute Gasteiger partial charge is 0.480 e. The van der Waals surface area contributed by atoms with Crippen LogP contribution in [0.3, 0.4) is 0 Å². The number of benzene rings is 2. The zero-order valence-corrected chi connectivity index (χ0v) is 23.2. The predicted molar refractivity (Wildman–Crippen MR) is 151 cm³/mol. The van der Waals surface area contributed by atoms with Gasteiger partial charge in [0.1, 0.15) is 12.1 Å². The fourth-order valence-electron chi connectivity index (χ4n) is 5.92. The van der Waals surface area contributed by atoms with Crippen molar-refractivity contribution in [2.75, 3.05) is 32.8 Å². The molecule has 2 amide bonds. The Balaban J connectivity index is 1.38. The Labute approximate surface area is 238 Å². The third kappa shape index (κ3) is 6.56. The van der Waals surface area contributed by atoms with Crippen molar-refractivity contribution >= 4 is 34.7 Å². The van der Waals surface area contributed by atoms with E-state index < -0.39 is 29.2 Å². The van der Waals surface area contributed by atoms with Gasteiger partial charge in [-0.1, -0.05) is 66.4 Å². The number of aliphatic carboxylic acids is 1. The van der Waals surface area contributed by atoms with Crippen molar-refractivity contribution in [2.24, 2.45) is 0 Å². The van der Waals surface area contributed by atoms with E-state index in [0.717, 1.165) is 28.5 Å². The number of nitrogens with one attached hydrogen (secondary N) is 1. The summed E-state index contributed by atoms with van der Waals surface area (Å²) in [6.07, 6.45) is 2.36. The van der Waals surface area contributed by atoms with Crippen LogP contribution in [0.25, 0.3) is 0 Å². The number of fused-ring (bicyclic) bond motifs is 3. The highest BCUT2D eigenvalue weighted by Crippen LogP contribution is 2.39. The van der Waals surface area contributed by atoms with Gasteiger partial charge in [0, 0.05) is 19.5 Å². The Morgan fingerprint density at radius 1 is 1.02 bits per heavy atom. The smallest absolute Gasteiger partial charge is 0.326 e. The molecule has 1 unspecified atom stereocenters. The quantitative estimate of drug-likeness (QED) is 0.502. The lowest BCUT2D eigenvalue weighted by Crippen LogP contribution is -2.56. The number of hydrogen-bond acceptors (Lipinski definition) is 7. The van der Waals surface area contributed by atoms with Gasteiger partial charge in [0.2, 0.25) is 16.9 Å². The van der Waals surface area contributed by atoms with Gasteiger partial charge in [0.15, 0.2) is 0 Å². The molecule has 5 rings (SSSR count). The lowest BCUT2D eigenvalue weighted by atomic mass is 9.89. The van der Waals surface area contributed by atoms with Crippen molar-refractivity contribution in [1.82, 2.24) is 15.1 Å². The van der Waals surface area contributed by atoms with E-state index in [1.165, 1.54) is 4.90 Å². The zero-order valence-electron chi connectivity index (χ0n) is 22.4. The number of carboxylic acids is 1. The lowest BCUT2D eigenvalue weighted by molar-refractivity contribution is -0.156. The number of carboxylic acid groups (broad SMARTS) is 1. The number of piperidine rings is 1. The monoisotopic (exact) mass is 565 g/mol. The van der Waals surface area contributed by atoms with E-state index in [2.05, 4.69) is 5.32 Å². The molecular weight excluding hydrogens is 530 g/mol. The SMILES string of the molecule is O=C(CN1CCOCC1)S[C@@H](Cc1ccccc1)C(=O)N[C@H]1Cc2ccccc2[C@H]2CCCC(C(=O)O)N2C1=O. The van der Waals surface area contributed by atoms with Gasteiger partial charge in [-0.05, 0) is 42.4 Å². The lowest BCUT2D eigenvalue weighted by Gasteiger charge is -2.40. The maximum absolute atomic E-state index is 13.9. The Bertz CT molecular complexity index is 1230. The molecule has 0 spiro atoms. The normalized spacial score (nSPS) is 23.9. The fourth-order valence-corrected chi connectivity index (χ4v) is 6.94. The molecule has 2 aromatic rings. The first kappa shape index (κ1) is 28.3. The summed E-state index contributed by atoms with van der Waals surface area (Å²) in [6, 6.07) is 15.0. The second-order valence-corrected chi connectivity index (χ2v) is 11.8. The summed E-state index contributed by atoms with van der Waals surface area (Å²) in [5.74, 6) is -1.82. The third-order valence-electron chi connectivity index (χ3n) is 7.91. The first-order valence-electron chi connectivity index (χ1n) is 13.9. The molecule has 3 aliphatic rings. The molecule has 2 saturated heterocycles. The number of amides is 2. The molecule has 40 heavy (non-hydrogen) atoms. The van der Waals surface area contributed by atoms with Gasteiger partial charge >= 0.3 is 5.97 Å². The standard InChI is InChI=1S/C30H35N3O6S/c34-27(19-32-13-15-39-16-14-32)40-26(17-20-7-2-1-3-8-20)28(35)31-23-18-21-9-4-5-10-22(21)24-11-6-12-25(30(37)38)33(24)29(23)36/h1-5,7-10,23-26H,6,11-19H2,(H,31,35)(H,37,38)/t23-,24+,25?,26-/m0/s1. The van der Waals surface area contributed by atoms with Gasteiger partial charge < -0.3 is 20.1 Å². The van der Waals surface area contributed by atoms with Crippen LogP contribution in [-0.4, -0.2) is 88.0 Å². The van der Waals surface area contributed by atoms with Crippen molar-refractivity contribution in [3.8, 4) is 0 Å². The van der Waals surface area contributed by atoms with Crippen LogP contribution in [0.2, 0.25) is 0 Å². The summed E-state index contributed by atoms with van der Waals surface area (Å²) in [4.78, 5) is 56.4. The Morgan fingerprint density at radius 2 is 1.75 bits per heavy atom. The maximum Gasteiger partial charge on any atom is 0.326 e. The molecule has 2 fully saturated rings. The van der Waals surface area contributed by atoms with E-state index in [1.807, 2.05) is 59.5 Å². The fraction of sp³-hybridized carbons (Fsp3) is 0.467. The molecule has 0 radical (unpaired) electrons. The van der Waals surface area contributed by atoms with Crippen LogP contribution in [-0.2, 0) is 36.8 Å². The number of nitrogens with zero attached hydrogens (tertiary/aromatic N) is 2. The van der Waals surface area contributed by atoms with E-state index in [1.54, 1.807) is 0 Å². The predicted octanol–water partition coefficient (Wildman–Crippen LogP) is 2.44. The van der Waals surface area contributed by atoms with Gasteiger partial charge in [-0.3, -0.25) is 19.3 Å². The van der Waals surface area contributed by atoms with E-state index in [-0.39, 0.29) is 30.0 Å². The summed E-state index contributed by atoms with van der Waals surface area (Å²) < 4.78 is 5.37. The highest BCUT2D eigenvalue weighted by molar-refractivity contribution is 8.14. The second kappa shape index (κ2) is 13.0. The molecule has 4 atom stereocenters.